The predicted octanol–water partition coefficient (Wildman–Crippen LogP) is 2.84. The Morgan fingerprint density at radius 2 is 2.04 bits per heavy atom. The summed E-state index contributed by atoms with van der Waals surface area (Å²) in [6.45, 7) is 6.41. The molecule has 126 valence electrons. The van der Waals surface area contributed by atoms with Crippen molar-refractivity contribution in [2.75, 3.05) is 0 Å². The summed E-state index contributed by atoms with van der Waals surface area (Å²) in [5.41, 5.74) is 1.34. The lowest BCUT2D eigenvalue weighted by atomic mass is 10.2. The van der Waals surface area contributed by atoms with Crippen LogP contribution in [-0.4, -0.2) is 34.8 Å². The number of hydrogen-bond donors (Lipinski definition) is 1. The number of aliphatic hydroxyl groups excluding tert-OH is 1. The van der Waals surface area contributed by atoms with Gasteiger partial charge in [-0.3, -0.25) is 4.68 Å². The molecule has 1 atom stereocenters. The van der Waals surface area contributed by atoms with Crippen LogP contribution < -0.4 is 0 Å². The van der Waals surface area contributed by atoms with E-state index in [0.29, 0.717) is 11.4 Å². The average Bonchev–Trinajstić information content (AvgIpc) is 3.15. The van der Waals surface area contributed by atoms with E-state index >= 15 is 0 Å². The van der Waals surface area contributed by atoms with Crippen LogP contribution in [0.4, 0.5) is 0 Å². The van der Waals surface area contributed by atoms with Crippen LogP contribution in [0.15, 0.2) is 40.3 Å². The molecule has 0 radical (unpaired) electrons. The van der Waals surface area contributed by atoms with Crippen molar-refractivity contribution in [2.45, 2.75) is 36.6 Å². The fourth-order valence-corrected chi connectivity index (χ4v) is 2.94. The lowest BCUT2D eigenvalue weighted by Crippen LogP contribution is -2.07. The van der Waals surface area contributed by atoms with Gasteiger partial charge in [0.15, 0.2) is 6.10 Å². The zero-order valence-corrected chi connectivity index (χ0v) is 14.8. The Kier molecular flexibility index (Phi) is 4.42. The first-order valence-corrected chi connectivity index (χ1v) is 8.29. The van der Waals surface area contributed by atoms with Crippen LogP contribution in [0.2, 0.25) is 0 Å². The van der Waals surface area contributed by atoms with E-state index in [0.717, 1.165) is 10.6 Å². The Morgan fingerprint density at radius 1 is 1.25 bits per heavy atom. The van der Waals surface area contributed by atoms with Crippen LogP contribution in [0.5, 0.6) is 0 Å². The Morgan fingerprint density at radius 3 is 2.62 bits per heavy atom. The molecular weight excluding hydrogens is 326 g/mol. The number of rotatable bonds is 4. The molecule has 0 amide bonds. The van der Waals surface area contributed by atoms with Crippen molar-refractivity contribution in [3.8, 4) is 11.4 Å². The minimum absolute atomic E-state index is 0.0989. The molecule has 0 aliphatic carbocycles. The van der Waals surface area contributed by atoms with Gasteiger partial charge >= 0.3 is 0 Å². The Hall–Kier alpha value is -2.19. The molecule has 3 rings (SSSR count). The monoisotopic (exact) mass is 345 g/mol. The zero-order chi connectivity index (χ0) is 17.3. The van der Waals surface area contributed by atoms with Crippen molar-refractivity contribution >= 4 is 11.8 Å². The van der Waals surface area contributed by atoms with Crippen LogP contribution in [0.3, 0.4) is 0 Å². The van der Waals surface area contributed by atoms with Gasteiger partial charge in [0.1, 0.15) is 0 Å². The fourth-order valence-electron chi connectivity index (χ4n) is 2.07. The zero-order valence-electron chi connectivity index (χ0n) is 14.0. The third-order valence-corrected chi connectivity index (χ3v) is 4.18. The van der Waals surface area contributed by atoms with E-state index in [9.17, 15) is 5.11 Å². The molecule has 0 spiro atoms. The molecule has 7 nitrogen and oxygen atoms in total. The maximum Gasteiger partial charge on any atom is 0.260 e. The highest BCUT2D eigenvalue weighted by Crippen LogP contribution is 2.31. The molecule has 0 aliphatic rings. The van der Waals surface area contributed by atoms with Gasteiger partial charge in [0.25, 0.3) is 5.89 Å². The van der Waals surface area contributed by atoms with E-state index in [1.807, 2.05) is 12.1 Å². The van der Waals surface area contributed by atoms with Gasteiger partial charge in [-0.1, -0.05) is 25.9 Å². The molecule has 8 heteroatoms. The van der Waals surface area contributed by atoms with E-state index in [2.05, 4.69) is 41.0 Å². The summed E-state index contributed by atoms with van der Waals surface area (Å²) in [5, 5.41) is 19.1. The number of thioether (sulfide) groups is 1. The second kappa shape index (κ2) is 6.37. The topological polar surface area (TPSA) is 89.9 Å². The molecule has 1 N–H and O–H groups in total. The SMILES string of the molecule is Cn1cc(C(O)c2nc(-c3ccc(SC(C)(C)C)nc3)no2)cn1. The second-order valence-electron chi connectivity index (χ2n) is 6.41. The Bertz CT molecular complexity index is 820. The number of aliphatic hydroxyl groups is 1. The molecule has 24 heavy (non-hydrogen) atoms. The van der Waals surface area contributed by atoms with Gasteiger partial charge in [0, 0.05) is 35.3 Å². The first kappa shape index (κ1) is 16.7. The molecule has 0 aliphatic heterocycles. The molecule has 0 bridgehead atoms. The second-order valence-corrected chi connectivity index (χ2v) is 8.25. The lowest BCUT2D eigenvalue weighted by molar-refractivity contribution is 0.170. The smallest absolute Gasteiger partial charge is 0.260 e. The third kappa shape index (κ3) is 3.82. The third-order valence-electron chi connectivity index (χ3n) is 3.12. The van der Waals surface area contributed by atoms with E-state index in [1.54, 1.807) is 42.1 Å². The number of hydrogen-bond acceptors (Lipinski definition) is 7. The number of pyridine rings is 1. The van der Waals surface area contributed by atoms with Crippen LogP contribution in [0.1, 0.15) is 38.3 Å². The molecular formula is C16H19N5O2S. The first-order chi connectivity index (χ1) is 11.3. The van der Waals surface area contributed by atoms with Gasteiger partial charge in [-0.15, -0.1) is 11.8 Å². The molecule has 0 fully saturated rings. The van der Waals surface area contributed by atoms with E-state index in [4.69, 9.17) is 4.52 Å². The first-order valence-electron chi connectivity index (χ1n) is 7.47. The van der Waals surface area contributed by atoms with E-state index in [-0.39, 0.29) is 10.6 Å². The van der Waals surface area contributed by atoms with Crippen molar-refractivity contribution in [3.05, 3.63) is 42.2 Å². The van der Waals surface area contributed by atoms with Gasteiger partial charge < -0.3 is 9.63 Å². The van der Waals surface area contributed by atoms with Crippen LogP contribution >= 0.6 is 11.8 Å². The number of nitrogens with zero attached hydrogens (tertiary/aromatic N) is 5. The standard InChI is InChI=1S/C16H19N5O2S/c1-16(2,3)24-12-6-5-10(7-17-12)14-19-15(23-20-14)13(22)11-8-18-21(4)9-11/h5-9,13,22H,1-4H3. The van der Waals surface area contributed by atoms with Gasteiger partial charge in [0.2, 0.25) is 5.82 Å². The fraction of sp³-hybridized carbons (Fsp3) is 0.375. The summed E-state index contributed by atoms with van der Waals surface area (Å²) >= 11 is 1.69. The molecule has 3 aromatic heterocycles. The van der Waals surface area contributed by atoms with Crippen LogP contribution in [-0.2, 0) is 7.05 Å². The lowest BCUT2D eigenvalue weighted by Gasteiger charge is -2.16. The molecule has 0 aromatic carbocycles. The van der Waals surface area contributed by atoms with Crippen molar-refractivity contribution in [1.29, 1.82) is 0 Å². The summed E-state index contributed by atoms with van der Waals surface area (Å²) in [5.74, 6) is 0.527. The highest BCUT2D eigenvalue weighted by Gasteiger charge is 2.20. The Balaban J connectivity index is 1.78. The summed E-state index contributed by atoms with van der Waals surface area (Å²) in [6.07, 6.45) is 3.98. The highest BCUT2D eigenvalue weighted by atomic mass is 32.2. The van der Waals surface area contributed by atoms with Crippen molar-refractivity contribution in [3.63, 3.8) is 0 Å². The predicted molar refractivity (Wildman–Crippen MR) is 90.4 cm³/mol. The Labute approximate surface area is 144 Å². The molecule has 0 saturated heterocycles. The van der Waals surface area contributed by atoms with Crippen molar-refractivity contribution < 1.29 is 9.63 Å². The van der Waals surface area contributed by atoms with Crippen LogP contribution in [0, 0.1) is 0 Å². The maximum absolute atomic E-state index is 10.3. The van der Waals surface area contributed by atoms with Crippen molar-refractivity contribution in [2.24, 2.45) is 7.05 Å². The summed E-state index contributed by atoms with van der Waals surface area (Å²) in [6, 6.07) is 3.82. The summed E-state index contributed by atoms with van der Waals surface area (Å²) in [4.78, 5) is 8.68. The van der Waals surface area contributed by atoms with Gasteiger partial charge in [-0.05, 0) is 12.1 Å². The van der Waals surface area contributed by atoms with E-state index < -0.39 is 6.10 Å². The van der Waals surface area contributed by atoms with Gasteiger partial charge in [-0.2, -0.15) is 10.1 Å². The van der Waals surface area contributed by atoms with Crippen molar-refractivity contribution in [1.82, 2.24) is 24.9 Å². The minimum Gasteiger partial charge on any atom is -0.378 e. The van der Waals surface area contributed by atoms with E-state index in [1.165, 1.54) is 0 Å². The molecule has 3 aromatic rings. The van der Waals surface area contributed by atoms with Crippen LogP contribution in [0.25, 0.3) is 11.4 Å². The quantitative estimate of drug-likeness (QED) is 0.727. The molecule has 1 unspecified atom stereocenters. The van der Waals surface area contributed by atoms with Gasteiger partial charge in [0.05, 0.1) is 11.2 Å². The maximum atomic E-state index is 10.3. The molecule has 3 heterocycles. The molecule has 0 saturated carbocycles. The average molecular weight is 345 g/mol. The summed E-state index contributed by atoms with van der Waals surface area (Å²) < 4.78 is 6.88. The number of aromatic nitrogens is 5. The minimum atomic E-state index is -0.997. The summed E-state index contributed by atoms with van der Waals surface area (Å²) in [7, 11) is 1.78. The largest absolute Gasteiger partial charge is 0.378 e. The number of aryl methyl sites for hydroxylation is 1. The highest BCUT2D eigenvalue weighted by molar-refractivity contribution is 8.00. The van der Waals surface area contributed by atoms with Gasteiger partial charge in [-0.25, -0.2) is 4.98 Å². The normalized spacial score (nSPS) is 13.2.